The van der Waals surface area contributed by atoms with Gasteiger partial charge in [0.25, 0.3) is 0 Å². The Morgan fingerprint density at radius 2 is 1.67 bits per heavy atom. The number of carbonyl (C=O) groups is 1. The molecule has 0 aromatic heterocycles. The lowest BCUT2D eigenvalue weighted by molar-refractivity contribution is -0.274. The van der Waals surface area contributed by atoms with Gasteiger partial charge >= 0.3 is 6.36 Å². The highest BCUT2D eigenvalue weighted by atomic mass is 32.2. The fraction of sp³-hybridized carbons (Fsp3) is 0.435. The van der Waals surface area contributed by atoms with Gasteiger partial charge < -0.3 is 19.7 Å². The molecule has 0 radical (unpaired) electrons. The number of carbonyl (C=O) groups excluding carboxylic acids is 1. The van der Waals surface area contributed by atoms with Crippen LogP contribution in [0.5, 0.6) is 5.75 Å². The van der Waals surface area contributed by atoms with Gasteiger partial charge in [0.15, 0.2) is 0 Å². The van der Waals surface area contributed by atoms with Gasteiger partial charge in [0.1, 0.15) is 11.6 Å². The minimum Gasteiger partial charge on any atom is -0.406 e. The number of anilines is 2. The third-order valence-corrected chi connectivity index (χ3v) is 8.57. The quantitative estimate of drug-likeness (QED) is 0.579. The van der Waals surface area contributed by atoms with E-state index in [1.54, 1.807) is 12.1 Å². The number of piperidine rings is 1. The van der Waals surface area contributed by atoms with E-state index in [4.69, 9.17) is 4.74 Å². The number of nitrogens with zero attached hydrogens (tertiary/aromatic N) is 2. The summed E-state index contributed by atoms with van der Waals surface area (Å²) in [5.74, 6) is -2.00. The van der Waals surface area contributed by atoms with Gasteiger partial charge in [-0.1, -0.05) is 0 Å². The molecular weight excluding hydrogens is 506 g/mol. The van der Waals surface area contributed by atoms with Crippen molar-refractivity contribution in [2.75, 3.05) is 49.6 Å². The van der Waals surface area contributed by atoms with Crippen LogP contribution in [0.25, 0.3) is 0 Å². The normalized spacial score (nSPS) is 24.3. The smallest absolute Gasteiger partial charge is 0.406 e. The third kappa shape index (κ3) is 5.00. The van der Waals surface area contributed by atoms with E-state index in [-0.39, 0.29) is 41.6 Å². The Balaban J connectivity index is 1.17. The number of benzene rings is 2. The summed E-state index contributed by atoms with van der Waals surface area (Å²) in [7, 11) is -3.93. The molecule has 5 rings (SSSR count). The van der Waals surface area contributed by atoms with Crippen molar-refractivity contribution in [3.63, 3.8) is 0 Å². The highest BCUT2D eigenvalue weighted by Gasteiger charge is 2.61. The monoisotopic (exact) mass is 529 g/mol. The van der Waals surface area contributed by atoms with Gasteiger partial charge in [-0.05, 0) is 54.3 Å². The van der Waals surface area contributed by atoms with E-state index in [1.165, 1.54) is 10.4 Å². The second kappa shape index (κ2) is 9.20. The summed E-state index contributed by atoms with van der Waals surface area (Å²) in [6.07, 6.45) is -4.87. The van der Waals surface area contributed by atoms with Crippen molar-refractivity contribution in [1.29, 1.82) is 0 Å². The van der Waals surface area contributed by atoms with Gasteiger partial charge in [0, 0.05) is 37.8 Å². The lowest BCUT2D eigenvalue weighted by Crippen LogP contribution is -2.36. The largest absolute Gasteiger partial charge is 0.573 e. The SMILES string of the molecule is O=C(Nc1ccc(N2CCOCC2)c(F)c1)C1C2CN(S(=O)(=O)c3ccc(OC(F)(F)F)cc3)CC21. The Kier molecular flexibility index (Phi) is 6.33. The number of rotatable bonds is 6. The lowest BCUT2D eigenvalue weighted by atomic mass is 10.2. The summed E-state index contributed by atoms with van der Waals surface area (Å²) in [5, 5.41) is 2.72. The fourth-order valence-corrected chi connectivity index (χ4v) is 6.42. The first-order chi connectivity index (χ1) is 17.0. The van der Waals surface area contributed by atoms with Crippen LogP contribution in [0.3, 0.4) is 0 Å². The highest BCUT2D eigenvalue weighted by molar-refractivity contribution is 7.89. The van der Waals surface area contributed by atoms with Crippen molar-refractivity contribution in [3.8, 4) is 5.75 Å². The third-order valence-electron chi connectivity index (χ3n) is 6.73. The second-order valence-corrected chi connectivity index (χ2v) is 10.9. The summed E-state index contributed by atoms with van der Waals surface area (Å²) in [6.45, 7) is 2.45. The van der Waals surface area contributed by atoms with Gasteiger partial charge in [-0.15, -0.1) is 13.2 Å². The highest BCUT2D eigenvalue weighted by Crippen LogP contribution is 2.53. The van der Waals surface area contributed by atoms with Crippen LogP contribution in [-0.2, 0) is 19.6 Å². The number of sulfonamides is 1. The zero-order valence-corrected chi connectivity index (χ0v) is 19.7. The average Bonchev–Trinajstić information content (AvgIpc) is 3.32. The molecule has 1 N–H and O–H groups in total. The molecule has 2 aromatic carbocycles. The molecule has 2 atom stereocenters. The van der Waals surface area contributed by atoms with Crippen LogP contribution in [-0.4, -0.2) is 64.4 Å². The number of ether oxygens (including phenoxy) is 2. The fourth-order valence-electron chi connectivity index (χ4n) is 4.91. The van der Waals surface area contributed by atoms with E-state index < -0.39 is 28.0 Å². The summed E-state index contributed by atoms with van der Waals surface area (Å²) < 4.78 is 87.6. The first-order valence-electron chi connectivity index (χ1n) is 11.3. The summed E-state index contributed by atoms with van der Waals surface area (Å²) >= 11 is 0. The lowest BCUT2D eigenvalue weighted by Gasteiger charge is -2.29. The first-order valence-corrected chi connectivity index (χ1v) is 12.8. The molecule has 1 saturated carbocycles. The van der Waals surface area contributed by atoms with Crippen LogP contribution in [0, 0.1) is 23.6 Å². The molecule has 2 aromatic rings. The van der Waals surface area contributed by atoms with E-state index in [1.807, 2.05) is 4.90 Å². The molecule has 13 heteroatoms. The molecule has 1 aliphatic carbocycles. The van der Waals surface area contributed by atoms with Crippen LogP contribution in [0.15, 0.2) is 47.4 Å². The van der Waals surface area contributed by atoms with Crippen LogP contribution < -0.4 is 15.0 Å². The number of fused-ring (bicyclic) bond motifs is 1. The van der Waals surface area contributed by atoms with E-state index >= 15 is 0 Å². The number of alkyl halides is 3. The maximum Gasteiger partial charge on any atom is 0.573 e. The Labute approximate surface area is 204 Å². The molecule has 36 heavy (non-hydrogen) atoms. The molecule has 194 valence electrons. The maximum atomic E-state index is 14.6. The predicted octanol–water partition coefficient (Wildman–Crippen LogP) is 3.07. The number of amides is 1. The van der Waals surface area contributed by atoms with Gasteiger partial charge in [-0.25, -0.2) is 12.8 Å². The van der Waals surface area contributed by atoms with E-state index in [0.29, 0.717) is 37.7 Å². The number of nitrogens with one attached hydrogen (secondary N) is 1. The van der Waals surface area contributed by atoms with Gasteiger partial charge in [0.2, 0.25) is 15.9 Å². The van der Waals surface area contributed by atoms with E-state index in [2.05, 4.69) is 10.1 Å². The maximum absolute atomic E-state index is 14.6. The van der Waals surface area contributed by atoms with Crippen LogP contribution >= 0.6 is 0 Å². The minimum atomic E-state index is -4.87. The van der Waals surface area contributed by atoms with Crippen molar-refractivity contribution >= 4 is 27.3 Å². The van der Waals surface area contributed by atoms with Gasteiger partial charge in [-0.2, -0.15) is 4.31 Å². The summed E-state index contributed by atoms with van der Waals surface area (Å²) in [5.41, 5.74) is 0.767. The molecular formula is C23H23F4N3O5S. The van der Waals surface area contributed by atoms with Crippen molar-refractivity contribution in [2.45, 2.75) is 11.3 Å². The zero-order chi connectivity index (χ0) is 25.7. The van der Waals surface area contributed by atoms with Gasteiger partial charge in [-0.3, -0.25) is 4.79 Å². The first kappa shape index (κ1) is 24.8. The zero-order valence-electron chi connectivity index (χ0n) is 18.9. The Hall–Kier alpha value is -2.90. The van der Waals surface area contributed by atoms with Crippen molar-refractivity contribution in [2.24, 2.45) is 17.8 Å². The molecule has 0 spiro atoms. The Morgan fingerprint density at radius 1 is 1.03 bits per heavy atom. The summed E-state index contributed by atoms with van der Waals surface area (Å²) in [4.78, 5) is 14.4. The molecule has 3 aliphatic rings. The second-order valence-electron chi connectivity index (χ2n) is 8.95. The number of morpholine rings is 1. The van der Waals surface area contributed by atoms with E-state index in [0.717, 1.165) is 24.3 Å². The minimum absolute atomic E-state index is 0.121. The molecule has 0 bridgehead atoms. The Morgan fingerprint density at radius 3 is 2.25 bits per heavy atom. The molecule has 2 unspecified atom stereocenters. The average molecular weight is 530 g/mol. The molecule has 8 nitrogen and oxygen atoms in total. The molecule has 2 heterocycles. The molecule has 3 fully saturated rings. The Bertz CT molecular complexity index is 1240. The molecule has 1 amide bonds. The van der Waals surface area contributed by atoms with Crippen LogP contribution in [0.4, 0.5) is 28.9 Å². The summed E-state index contributed by atoms with van der Waals surface area (Å²) in [6, 6.07) is 8.51. The van der Waals surface area contributed by atoms with E-state index in [9.17, 15) is 30.8 Å². The van der Waals surface area contributed by atoms with Gasteiger partial charge in [0.05, 0.1) is 23.8 Å². The van der Waals surface area contributed by atoms with Crippen LogP contribution in [0.2, 0.25) is 0 Å². The van der Waals surface area contributed by atoms with Crippen molar-refractivity contribution in [3.05, 3.63) is 48.3 Å². The topological polar surface area (TPSA) is 88.2 Å². The molecule has 2 aliphatic heterocycles. The van der Waals surface area contributed by atoms with Crippen molar-refractivity contribution in [1.82, 2.24) is 4.31 Å². The predicted molar refractivity (Wildman–Crippen MR) is 120 cm³/mol. The number of halogens is 4. The standard InChI is InChI=1S/C23H23F4N3O5S/c24-19-11-14(1-6-20(19)29-7-9-34-10-8-29)28-22(31)21-17-12-30(13-18(17)21)36(32,33)16-4-2-15(3-5-16)35-23(25,26)27/h1-6,11,17-18,21H,7-10,12-13H2,(H,28,31). The molecule has 2 saturated heterocycles. The number of hydrogen-bond donors (Lipinski definition) is 1. The number of hydrogen-bond acceptors (Lipinski definition) is 6. The van der Waals surface area contributed by atoms with Crippen LogP contribution in [0.1, 0.15) is 0 Å². The van der Waals surface area contributed by atoms with Crippen molar-refractivity contribution < 1.29 is 40.2 Å².